The molecule has 0 spiro atoms. The lowest BCUT2D eigenvalue weighted by atomic mass is 10.0. The van der Waals surface area contributed by atoms with E-state index in [9.17, 15) is 5.26 Å². The van der Waals surface area contributed by atoms with Gasteiger partial charge in [-0.2, -0.15) is 10.4 Å². The number of thioether (sulfide) groups is 1. The van der Waals surface area contributed by atoms with Crippen molar-refractivity contribution in [3.05, 3.63) is 88.8 Å². The average molecular weight is 486 g/mol. The van der Waals surface area contributed by atoms with Crippen LogP contribution in [0.1, 0.15) is 27.1 Å². The third-order valence-corrected chi connectivity index (χ3v) is 7.79. The molecule has 1 aliphatic rings. The Morgan fingerprint density at radius 1 is 1.24 bits per heavy atom. The minimum Gasteiger partial charge on any atom is -0.346 e. The Bertz CT molecular complexity index is 1350. The fraction of sp³-hybridized carbons (Fsp3) is 0.200. The first-order valence-electron chi connectivity index (χ1n) is 10.8. The molecule has 1 N–H and O–H groups in total. The van der Waals surface area contributed by atoms with Crippen molar-refractivity contribution in [2.45, 2.75) is 23.6 Å². The number of thiophene rings is 1. The number of benzene rings is 1. The quantitative estimate of drug-likeness (QED) is 0.366. The summed E-state index contributed by atoms with van der Waals surface area (Å²) in [6.07, 6.45) is 8.23. The van der Waals surface area contributed by atoms with Gasteiger partial charge in [-0.3, -0.25) is 4.68 Å². The first kappa shape index (κ1) is 22.2. The maximum absolute atomic E-state index is 9.83. The monoisotopic (exact) mass is 485 g/mol. The lowest BCUT2D eigenvalue weighted by molar-refractivity contribution is 0.716. The molecule has 0 amide bonds. The van der Waals surface area contributed by atoms with E-state index in [0.29, 0.717) is 12.1 Å². The van der Waals surface area contributed by atoms with E-state index in [1.807, 2.05) is 31.7 Å². The number of fused-ring (bicyclic) bond motifs is 1. The normalized spacial score (nSPS) is 12.8. The summed E-state index contributed by atoms with van der Waals surface area (Å²) < 4.78 is 1.73. The predicted octanol–water partition coefficient (Wildman–Crippen LogP) is 5.08. The Labute approximate surface area is 206 Å². The number of rotatable bonds is 7. The van der Waals surface area contributed by atoms with E-state index in [2.05, 4.69) is 62.2 Å². The highest BCUT2D eigenvalue weighted by Gasteiger charge is 2.26. The SMILES string of the molecule is C=C(Nc1sc2c(c1C#N)CCN(c1ncc(SCc3ccccc3)cn1)C2)c1cnn(C)c1. The standard InChI is InChI=1S/C25H23N7S2/c1-17(19-11-29-31(2)14-19)30-24-22(10-26)21-8-9-32(15-23(21)34-24)25-27-12-20(13-28-25)33-16-18-6-4-3-5-7-18/h3-7,11-14,30H,1,8-9,15-16H2,2H3. The summed E-state index contributed by atoms with van der Waals surface area (Å²) >= 11 is 3.33. The molecule has 1 aliphatic heterocycles. The van der Waals surface area contributed by atoms with Crippen LogP contribution in [0.4, 0.5) is 10.9 Å². The van der Waals surface area contributed by atoms with Gasteiger partial charge in [0.25, 0.3) is 0 Å². The van der Waals surface area contributed by atoms with E-state index < -0.39 is 0 Å². The summed E-state index contributed by atoms with van der Waals surface area (Å²) in [6, 6.07) is 12.8. The van der Waals surface area contributed by atoms with Crippen LogP contribution in [0.3, 0.4) is 0 Å². The Kier molecular flexibility index (Phi) is 6.34. The molecular formula is C25H23N7S2. The third-order valence-electron chi connectivity index (χ3n) is 5.63. The molecule has 4 aromatic rings. The Morgan fingerprint density at radius 3 is 2.74 bits per heavy atom. The Balaban J connectivity index is 1.27. The van der Waals surface area contributed by atoms with E-state index in [1.165, 1.54) is 5.56 Å². The number of hydrogen-bond donors (Lipinski definition) is 1. The summed E-state index contributed by atoms with van der Waals surface area (Å²) in [5.41, 5.74) is 4.73. The summed E-state index contributed by atoms with van der Waals surface area (Å²) in [5.74, 6) is 1.61. The number of aryl methyl sites for hydroxylation is 1. The van der Waals surface area contributed by atoms with Gasteiger partial charge in [0.05, 0.1) is 18.3 Å². The molecule has 4 heterocycles. The predicted molar refractivity (Wildman–Crippen MR) is 138 cm³/mol. The minimum atomic E-state index is 0.687. The smallest absolute Gasteiger partial charge is 0.225 e. The summed E-state index contributed by atoms with van der Waals surface area (Å²) in [6.45, 7) is 5.58. The fourth-order valence-corrected chi connectivity index (χ4v) is 5.87. The molecule has 170 valence electrons. The first-order chi connectivity index (χ1) is 16.6. The van der Waals surface area contributed by atoms with Crippen molar-refractivity contribution in [2.24, 2.45) is 7.05 Å². The number of aromatic nitrogens is 4. The highest BCUT2D eigenvalue weighted by Crippen LogP contribution is 2.38. The van der Waals surface area contributed by atoms with Crippen LogP contribution in [0.15, 0.2) is 66.6 Å². The molecule has 1 aromatic carbocycles. The van der Waals surface area contributed by atoms with Crippen LogP contribution in [0.25, 0.3) is 5.70 Å². The molecule has 0 saturated carbocycles. The van der Waals surface area contributed by atoms with Crippen molar-refractivity contribution in [3.63, 3.8) is 0 Å². The van der Waals surface area contributed by atoms with Gasteiger partial charge in [0.15, 0.2) is 0 Å². The summed E-state index contributed by atoms with van der Waals surface area (Å²) in [5, 5.41) is 18.2. The summed E-state index contributed by atoms with van der Waals surface area (Å²) in [4.78, 5) is 13.6. The zero-order valence-corrected chi connectivity index (χ0v) is 20.4. The van der Waals surface area contributed by atoms with Crippen LogP contribution in [0, 0.1) is 11.3 Å². The number of nitrogens with zero attached hydrogens (tertiary/aromatic N) is 6. The van der Waals surface area contributed by atoms with Crippen molar-refractivity contribution in [1.29, 1.82) is 5.26 Å². The molecule has 0 bridgehead atoms. The molecule has 0 radical (unpaired) electrons. The van der Waals surface area contributed by atoms with Crippen LogP contribution >= 0.6 is 23.1 Å². The Morgan fingerprint density at radius 2 is 2.03 bits per heavy atom. The van der Waals surface area contributed by atoms with E-state index in [0.717, 1.165) is 56.3 Å². The maximum atomic E-state index is 9.83. The second-order valence-electron chi connectivity index (χ2n) is 7.99. The van der Waals surface area contributed by atoms with Gasteiger partial charge in [0, 0.05) is 59.0 Å². The van der Waals surface area contributed by atoms with E-state index in [-0.39, 0.29) is 0 Å². The largest absolute Gasteiger partial charge is 0.346 e. The summed E-state index contributed by atoms with van der Waals surface area (Å²) in [7, 11) is 1.87. The fourth-order valence-electron chi connectivity index (χ4n) is 3.85. The van der Waals surface area contributed by atoms with Crippen molar-refractivity contribution in [3.8, 4) is 6.07 Å². The van der Waals surface area contributed by atoms with Crippen LogP contribution < -0.4 is 10.2 Å². The number of nitriles is 1. The van der Waals surface area contributed by atoms with Crippen LogP contribution in [0.2, 0.25) is 0 Å². The molecule has 5 rings (SSSR count). The second kappa shape index (κ2) is 9.71. The van der Waals surface area contributed by atoms with Crippen LogP contribution in [-0.4, -0.2) is 26.3 Å². The second-order valence-corrected chi connectivity index (χ2v) is 10.1. The maximum Gasteiger partial charge on any atom is 0.225 e. The number of nitrogens with one attached hydrogen (secondary N) is 1. The van der Waals surface area contributed by atoms with Crippen LogP contribution in [-0.2, 0) is 25.8 Å². The molecular weight excluding hydrogens is 462 g/mol. The van der Waals surface area contributed by atoms with Gasteiger partial charge in [-0.1, -0.05) is 36.9 Å². The lowest BCUT2D eigenvalue weighted by Crippen LogP contribution is -2.31. The van der Waals surface area contributed by atoms with Crippen molar-refractivity contribution in [1.82, 2.24) is 19.7 Å². The van der Waals surface area contributed by atoms with Gasteiger partial charge in [0.2, 0.25) is 5.95 Å². The molecule has 9 heteroatoms. The van der Waals surface area contributed by atoms with E-state index in [4.69, 9.17) is 0 Å². The zero-order valence-electron chi connectivity index (χ0n) is 18.7. The van der Waals surface area contributed by atoms with Crippen molar-refractivity contribution in [2.75, 3.05) is 16.8 Å². The molecule has 0 saturated heterocycles. The molecule has 0 fully saturated rings. The topological polar surface area (TPSA) is 82.7 Å². The zero-order chi connectivity index (χ0) is 23.5. The molecule has 7 nitrogen and oxygen atoms in total. The Hall–Kier alpha value is -3.61. The van der Waals surface area contributed by atoms with E-state index in [1.54, 1.807) is 34.0 Å². The van der Waals surface area contributed by atoms with Gasteiger partial charge in [-0.05, 0) is 17.5 Å². The highest BCUT2D eigenvalue weighted by molar-refractivity contribution is 7.98. The molecule has 3 aromatic heterocycles. The van der Waals surface area contributed by atoms with Gasteiger partial charge >= 0.3 is 0 Å². The molecule has 34 heavy (non-hydrogen) atoms. The molecule has 0 aliphatic carbocycles. The minimum absolute atomic E-state index is 0.687. The van der Waals surface area contributed by atoms with Gasteiger partial charge in [-0.15, -0.1) is 23.1 Å². The van der Waals surface area contributed by atoms with E-state index >= 15 is 0 Å². The lowest BCUT2D eigenvalue weighted by Gasteiger charge is -2.26. The highest BCUT2D eigenvalue weighted by atomic mass is 32.2. The number of hydrogen-bond acceptors (Lipinski definition) is 8. The molecule has 0 atom stereocenters. The average Bonchev–Trinajstić information content (AvgIpc) is 3.46. The van der Waals surface area contributed by atoms with Gasteiger partial charge < -0.3 is 10.2 Å². The van der Waals surface area contributed by atoms with Crippen molar-refractivity contribution >= 4 is 39.7 Å². The first-order valence-corrected chi connectivity index (χ1v) is 12.6. The third kappa shape index (κ3) is 4.69. The van der Waals surface area contributed by atoms with Gasteiger partial charge in [0.1, 0.15) is 11.1 Å². The van der Waals surface area contributed by atoms with Crippen molar-refractivity contribution < 1.29 is 0 Å². The van der Waals surface area contributed by atoms with Crippen LogP contribution in [0.5, 0.6) is 0 Å². The molecule has 0 unspecified atom stereocenters. The van der Waals surface area contributed by atoms with Gasteiger partial charge in [-0.25, -0.2) is 9.97 Å². The number of anilines is 2.